The highest BCUT2D eigenvalue weighted by Gasteiger charge is 2.23. The molecular formula is C19H29N5. The van der Waals surface area contributed by atoms with Gasteiger partial charge in [0.2, 0.25) is 0 Å². The SMILES string of the molecule is CC(C)N1CCC(Cc2nccnc2-c2cnn(C(C)C)c2)CC1. The van der Waals surface area contributed by atoms with E-state index in [1.54, 1.807) is 6.20 Å². The Bertz CT molecular complexity index is 653. The van der Waals surface area contributed by atoms with Gasteiger partial charge in [-0.1, -0.05) is 0 Å². The average molecular weight is 327 g/mol. The van der Waals surface area contributed by atoms with Crippen molar-refractivity contribution in [2.75, 3.05) is 13.1 Å². The van der Waals surface area contributed by atoms with Crippen molar-refractivity contribution in [1.82, 2.24) is 24.6 Å². The van der Waals surface area contributed by atoms with E-state index in [-0.39, 0.29) is 0 Å². The van der Waals surface area contributed by atoms with Crippen molar-refractivity contribution in [3.63, 3.8) is 0 Å². The van der Waals surface area contributed by atoms with E-state index in [1.807, 2.05) is 17.1 Å². The predicted molar refractivity (Wildman–Crippen MR) is 96.8 cm³/mol. The Morgan fingerprint density at radius 3 is 2.38 bits per heavy atom. The van der Waals surface area contributed by atoms with Crippen LogP contribution in [-0.2, 0) is 6.42 Å². The predicted octanol–water partition coefficient (Wildman–Crippen LogP) is 3.58. The molecule has 0 bridgehead atoms. The number of piperidine rings is 1. The quantitative estimate of drug-likeness (QED) is 0.842. The van der Waals surface area contributed by atoms with E-state index in [1.165, 1.54) is 25.9 Å². The van der Waals surface area contributed by atoms with Gasteiger partial charge in [0, 0.05) is 36.2 Å². The minimum atomic E-state index is 0.360. The van der Waals surface area contributed by atoms with Crippen LogP contribution in [0.1, 0.15) is 52.3 Å². The zero-order valence-electron chi connectivity index (χ0n) is 15.3. The number of rotatable bonds is 5. The molecule has 3 rings (SSSR count). The zero-order chi connectivity index (χ0) is 17.1. The zero-order valence-corrected chi connectivity index (χ0v) is 15.3. The summed E-state index contributed by atoms with van der Waals surface area (Å²) < 4.78 is 1.98. The molecule has 0 amide bonds. The third kappa shape index (κ3) is 3.83. The highest BCUT2D eigenvalue weighted by Crippen LogP contribution is 2.27. The fraction of sp³-hybridized carbons (Fsp3) is 0.632. The van der Waals surface area contributed by atoms with Crippen LogP contribution in [-0.4, -0.2) is 43.8 Å². The van der Waals surface area contributed by atoms with Crippen molar-refractivity contribution in [3.8, 4) is 11.3 Å². The second-order valence-electron chi connectivity index (χ2n) is 7.43. The highest BCUT2D eigenvalue weighted by atomic mass is 15.3. The van der Waals surface area contributed by atoms with Crippen LogP contribution in [0.5, 0.6) is 0 Å². The van der Waals surface area contributed by atoms with Gasteiger partial charge in [0.15, 0.2) is 0 Å². The fourth-order valence-corrected chi connectivity index (χ4v) is 3.45. The molecule has 1 aliphatic heterocycles. The Morgan fingerprint density at radius 1 is 1.04 bits per heavy atom. The van der Waals surface area contributed by atoms with Crippen molar-refractivity contribution in [3.05, 3.63) is 30.5 Å². The summed E-state index contributed by atoms with van der Waals surface area (Å²) in [6.45, 7) is 11.2. The molecule has 0 saturated carbocycles. The van der Waals surface area contributed by atoms with Crippen LogP contribution in [0.15, 0.2) is 24.8 Å². The van der Waals surface area contributed by atoms with Gasteiger partial charge in [-0.15, -0.1) is 0 Å². The van der Waals surface area contributed by atoms with Crippen molar-refractivity contribution in [1.29, 1.82) is 0 Å². The maximum atomic E-state index is 4.64. The largest absolute Gasteiger partial charge is 0.301 e. The molecule has 0 aliphatic carbocycles. The number of nitrogens with zero attached hydrogens (tertiary/aromatic N) is 5. The summed E-state index contributed by atoms with van der Waals surface area (Å²) in [6, 6.07) is 1.01. The summed E-state index contributed by atoms with van der Waals surface area (Å²) in [5.74, 6) is 0.704. The molecule has 2 aromatic rings. The molecular weight excluding hydrogens is 298 g/mol. The van der Waals surface area contributed by atoms with Gasteiger partial charge in [-0.3, -0.25) is 14.6 Å². The van der Waals surface area contributed by atoms with Gasteiger partial charge in [-0.25, -0.2) is 0 Å². The Hall–Kier alpha value is -1.75. The van der Waals surface area contributed by atoms with Crippen LogP contribution in [0, 0.1) is 5.92 Å². The smallest absolute Gasteiger partial charge is 0.0948 e. The third-order valence-electron chi connectivity index (χ3n) is 5.04. The van der Waals surface area contributed by atoms with Crippen molar-refractivity contribution >= 4 is 0 Å². The number of aromatic nitrogens is 4. The lowest BCUT2D eigenvalue weighted by molar-refractivity contribution is 0.149. The summed E-state index contributed by atoms with van der Waals surface area (Å²) in [7, 11) is 0. The fourth-order valence-electron chi connectivity index (χ4n) is 3.45. The van der Waals surface area contributed by atoms with Crippen molar-refractivity contribution < 1.29 is 0 Å². The lowest BCUT2D eigenvalue weighted by Crippen LogP contribution is -2.38. The minimum Gasteiger partial charge on any atom is -0.301 e. The minimum absolute atomic E-state index is 0.360. The van der Waals surface area contributed by atoms with Crippen LogP contribution in [0.3, 0.4) is 0 Å². The molecule has 1 saturated heterocycles. The first-order valence-corrected chi connectivity index (χ1v) is 9.13. The van der Waals surface area contributed by atoms with Crippen LogP contribution >= 0.6 is 0 Å². The van der Waals surface area contributed by atoms with Crippen LogP contribution < -0.4 is 0 Å². The van der Waals surface area contributed by atoms with Crippen LogP contribution in [0.4, 0.5) is 0 Å². The average Bonchev–Trinajstić information content (AvgIpc) is 3.06. The molecule has 130 valence electrons. The summed E-state index contributed by atoms with van der Waals surface area (Å²) >= 11 is 0. The monoisotopic (exact) mass is 327 g/mol. The molecule has 2 aromatic heterocycles. The molecule has 3 heterocycles. The second kappa shape index (κ2) is 7.43. The molecule has 0 atom stereocenters. The molecule has 5 heteroatoms. The van der Waals surface area contributed by atoms with Gasteiger partial charge in [0.1, 0.15) is 0 Å². The Balaban J connectivity index is 1.73. The third-order valence-corrected chi connectivity index (χ3v) is 5.04. The second-order valence-corrected chi connectivity index (χ2v) is 7.43. The standard InChI is InChI=1S/C19H29N5/c1-14(2)23-9-5-16(6-10-23)11-18-19(21-8-7-20-18)17-12-22-24(13-17)15(3)4/h7-8,12-16H,5-6,9-11H2,1-4H3. The molecule has 0 aromatic carbocycles. The molecule has 0 radical (unpaired) electrons. The maximum absolute atomic E-state index is 4.64. The van der Waals surface area contributed by atoms with Gasteiger partial charge < -0.3 is 4.90 Å². The molecule has 1 aliphatic rings. The van der Waals surface area contributed by atoms with Gasteiger partial charge in [0.25, 0.3) is 0 Å². The van der Waals surface area contributed by atoms with E-state index in [4.69, 9.17) is 0 Å². The maximum Gasteiger partial charge on any atom is 0.0948 e. The summed E-state index contributed by atoms with van der Waals surface area (Å²) in [5.41, 5.74) is 3.19. The molecule has 0 N–H and O–H groups in total. The topological polar surface area (TPSA) is 46.8 Å². The number of hydrogen-bond acceptors (Lipinski definition) is 4. The Labute approximate surface area is 145 Å². The first-order chi connectivity index (χ1) is 11.5. The van der Waals surface area contributed by atoms with Crippen molar-refractivity contribution in [2.45, 2.75) is 59.0 Å². The van der Waals surface area contributed by atoms with E-state index >= 15 is 0 Å². The van der Waals surface area contributed by atoms with E-state index in [0.717, 1.165) is 23.4 Å². The first-order valence-electron chi connectivity index (χ1n) is 9.13. The van der Waals surface area contributed by atoms with E-state index in [0.29, 0.717) is 18.0 Å². The van der Waals surface area contributed by atoms with Gasteiger partial charge in [-0.05, 0) is 66.0 Å². The normalized spacial score (nSPS) is 17.1. The lowest BCUT2D eigenvalue weighted by Gasteiger charge is -2.34. The number of likely N-dealkylation sites (tertiary alicyclic amines) is 1. The molecule has 0 unspecified atom stereocenters. The highest BCUT2D eigenvalue weighted by molar-refractivity contribution is 5.59. The molecule has 0 spiro atoms. The van der Waals surface area contributed by atoms with Crippen LogP contribution in [0.2, 0.25) is 0 Å². The first kappa shape index (κ1) is 17.1. The van der Waals surface area contributed by atoms with E-state index in [9.17, 15) is 0 Å². The summed E-state index contributed by atoms with van der Waals surface area (Å²) in [4.78, 5) is 11.8. The summed E-state index contributed by atoms with van der Waals surface area (Å²) in [5, 5.41) is 4.45. The van der Waals surface area contributed by atoms with Gasteiger partial charge in [-0.2, -0.15) is 5.10 Å². The van der Waals surface area contributed by atoms with E-state index < -0.39 is 0 Å². The Morgan fingerprint density at radius 2 is 1.75 bits per heavy atom. The van der Waals surface area contributed by atoms with Gasteiger partial charge >= 0.3 is 0 Å². The molecule has 24 heavy (non-hydrogen) atoms. The lowest BCUT2D eigenvalue weighted by atomic mass is 9.90. The van der Waals surface area contributed by atoms with Gasteiger partial charge in [0.05, 0.1) is 17.6 Å². The summed E-state index contributed by atoms with van der Waals surface area (Å²) in [6.07, 6.45) is 11.1. The van der Waals surface area contributed by atoms with Crippen molar-refractivity contribution in [2.24, 2.45) is 5.92 Å². The number of hydrogen-bond donors (Lipinski definition) is 0. The Kier molecular flexibility index (Phi) is 5.29. The molecule has 1 fully saturated rings. The molecule has 5 nitrogen and oxygen atoms in total. The van der Waals surface area contributed by atoms with Crippen LogP contribution in [0.25, 0.3) is 11.3 Å². The van der Waals surface area contributed by atoms with E-state index in [2.05, 4.69) is 53.9 Å².